The van der Waals surface area contributed by atoms with Crippen molar-refractivity contribution in [3.63, 3.8) is 0 Å². The molecule has 13 heteroatoms. The summed E-state index contributed by atoms with van der Waals surface area (Å²) in [6.07, 6.45) is 2.20. The van der Waals surface area contributed by atoms with Crippen LogP contribution in [0.5, 0.6) is 5.75 Å². The van der Waals surface area contributed by atoms with Crippen LogP contribution >= 0.6 is 0 Å². The minimum Gasteiger partial charge on any atom is -0.405 e. The molecule has 0 spiro atoms. The van der Waals surface area contributed by atoms with Crippen LogP contribution in [0.15, 0.2) is 54.7 Å². The first-order valence-corrected chi connectivity index (χ1v) is 16.4. The molecule has 3 heterocycles. The number of aromatic nitrogens is 2. The predicted molar refractivity (Wildman–Crippen MR) is 168 cm³/mol. The highest BCUT2D eigenvalue weighted by Gasteiger charge is 2.58. The first-order valence-electron chi connectivity index (χ1n) is 16.4. The second-order valence-electron chi connectivity index (χ2n) is 14.0. The largest absolute Gasteiger partial charge is 0.573 e. The van der Waals surface area contributed by atoms with Crippen LogP contribution < -0.4 is 15.4 Å². The minimum absolute atomic E-state index is 0.00166. The van der Waals surface area contributed by atoms with E-state index in [1.807, 2.05) is 0 Å². The van der Waals surface area contributed by atoms with E-state index in [9.17, 15) is 28.0 Å². The van der Waals surface area contributed by atoms with Gasteiger partial charge in [-0.25, -0.2) is 4.98 Å². The Labute approximate surface area is 275 Å². The van der Waals surface area contributed by atoms with Crippen LogP contribution in [0, 0.1) is 34.5 Å². The second kappa shape index (κ2) is 11.5. The summed E-state index contributed by atoms with van der Waals surface area (Å²) in [6, 6.07) is 15.4. The smallest absolute Gasteiger partial charge is 0.405 e. The van der Waals surface area contributed by atoms with Crippen LogP contribution in [-0.4, -0.2) is 69.7 Å². The molecule has 9 rings (SSSR count). The Kier molecular flexibility index (Phi) is 7.32. The Balaban J connectivity index is 0.909. The molecule has 4 aliphatic carbocycles. The lowest BCUT2D eigenvalue weighted by Gasteiger charge is -2.64. The molecule has 0 radical (unpaired) electrons. The average Bonchev–Trinajstić information content (AvgIpc) is 3.28. The quantitative estimate of drug-likeness (QED) is 0.290. The zero-order valence-electron chi connectivity index (χ0n) is 26.0. The van der Waals surface area contributed by atoms with E-state index in [4.69, 9.17) is 0 Å². The fourth-order valence-electron chi connectivity index (χ4n) is 9.42. The van der Waals surface area contributed by atoms with Crippen molar-refractivity contribution in [2.24, 2.45) is 23.2 Å². The molecule has 3 aromatic rings. The summed E-state index contributed by atoms with van der Waals surface area (Å²) in [5.74, 6) is 1.61. The van der Waals surface area contributed by atoms with Gasteiger partial charge in [0, 0.05) is 37.8 Å². The molecule has 5 fully saturated rings. The summed E-state index contributed by atoms with van der Waals surface area (Å²) >= 11 is 0. The van der Waals surface area contributed by atoms with Gasteiger partial charge in [0.1, 0.15) is 23.2 Å². The number of ether oxygens (including phenoxy) is 1. The number of nitrogens with one attached hydrogen (secondary N) is 2. The van der Waals surface area contributed by atoms with Gasteiger partial charge in [-0.3, -0.25) is 19.4 Å². The molecule has 2 N–H and O–H groups in total. The van der Waals surface area contributed by atoms with Gasteiger partial charge in [0.25, 0.3) is 11.8 Å². The van der Waals surface area contributed by atoms with Crippen LogP contribution in [-0.2, 0) is 6.54 Å². The standard InChI is InChI=1S/C35H34F3N7O3/c36-35(37,38)48-28-8-4-1-5-21(28)15-40-33-41-16-24(14-39)30(43-33)42-19-34-11-20-9-22(12-34)29(23(10-20)13-34)44-17-25(18-44)45-31(46)26-6-2-3-7-27(26)32(45)47/h1-8,16,20,22-23,25,29H,9-13,15,17-19H2,(H2,40,41,42,43)/t20?,22-,23+,29?,34?. The number of imide groups is 1. The van der Waals surface area contributed by atoms with Gasteiger partial charge in [-0.2, -0.15) is 10.2 Å². The number of carbonyl (C=O) groups excluding carboxylic acids is 2. The van der Waals surface area contributed by atoms with Crippen molar-refractivity contribution in [2.45, 2.75) is 57.1 Å². The number of alkyl halides is 3. The number of hydrogen-bond acceptors (Lipinski definition) is 9. The number of carbonyl (C=O) groups is 2. The minimum atomic E-state index is -4.81. The summed E-state index contributed by atoms with van der Waals surface area (Å²) in [7, 11) is 0. The van der Waals surface area contributed by atoms with E-state index in [1.165, 1.54) is 42.1 Å². The lowest BCUT2D eigenvalue weighted by Crippen LogP contribution is -2.69. The molecular formula is C35H34F3N7O3. The second-order valence-corrected chi connectivity index (χ2v) is 14.0. The molecule has 4 saturated carbocycles. The summed E-state index contributed by atoms with van der Waals surface area (Å²) in [6.45, 7) is 2.09. The van der Waals surface area contributed by atoms with Gasteiger partial charge in [-0.15, -0.1) is 13.2 Å². The van der Waals surface area contributed by atoms with E-state index < -0.39 is 6.36 Å². The Hall–Kier alpha value is -4.70. The summed E-state index contributed by atoms with van der Waals surface area (Å²) < 4.78 is 42.7. The fraction of sp³-hybridized carbons (Fsp3) is 0.457. The highest BCUT2D eigenvalue weighted by atomic mass is 19.4. The van der Waals surface area contributed by atoms with Gasteiger partial charge in [0.2, 0.25) is 5.95 Å². The molecule has 1 aromatic heterocycles. The number of rotatable bonds is 9. The third-order valence-electron chi connectivity index (χ3n) is 11.0. The van der Waals surface area contributed by atoms with Crippen molar-refractivity contribution < 1.29 is 27.5 Å². The first kappa shape index (κ1) is 30.6. The predicted octanol–water partition coefficient (Wildman–Crippen LogP) is 5.45. The van der Waals surface area contributed by atoms with Crippen molar-refractivity contribution in [3.05, 3.63) is 77.0 Å². The van der Waals surface area contributed by atoms with Crippen LogP contribution in [0.25, 0.3) is 0 Å². The SMILES string of the molecule is N#Cc1cnc(NCc2ccccc2OC(F)(F)F)nc1NCC12CC3C[C@H](C1)C(N1CC(N4C(=O)c5ccccc5C4=O)C1)[C@@H](C3)C2. The number of benzene rings is 2. The van der Waals surface area contributed by atoms with Gasteiger partial charge >= 0.3 is 6.36 Å². The van der Waals surface area contributed by atoms with E-state index in [1.54, 1.807) is 30.3 Å². The van der Waals surface area contributed by atoms with Crippen molar-refractivity contribution in [3.8, 4) is 11.8 Å². The molecule has 4 bridgehead atoms. The number of fused-ring (bicyclic) bond motifs is 1. The Morgan fingerprint density at radius 2 is 1.62 bits per heavy atom. The van der Waals surface area contributed by atoms with Gasteiger partial charge in [-0.05, 0) is 73.5 Å². The van der Waals surface area contributed by atoms with Gasteiger partial charge in [0.15, 0.2) is 0 Å². The number of nitrogens with zero attached hydrogens (tertiary/aromatic N) is 5. The molecule has 2 aliphatic heterocycles. The van der Waals surface area contributed by atoms with E-state index >= 15 is 0 Å². The van der Waals surface area contributed by atoms with Gasteiger partial charge in [-0.1, -0.05) is 30.3 Å². The molecule has 6 aliphatic rings. The lowest BCUT2D eigenvalue weighted by molar-refractivity contribution is -0.274. The topological polar surface area (TPSA) is 123 Å². The Bertz CT molecular complexity index is 1770. The van der Waals surface area contributed by atoms with Crippen LogP contribution in [0.3, 0.4) is 0 Å². The van der Waals surface area contributed by atoms with E-state index in [2.05, 4.69) is 36.3 Å². The molecule has 248 valence electrons. The van der Waals surface area contributed by atoms with E-state index in [0.29, 0.717) is 65.9 Å². The molecule has 3 unspecified atom stereocenters. The molecule has 2 aromatic carbocycles. The highest BCUT2D eigenvalue weighted by molar-refractivity contribution is 6.21. The molecule has 2 amide bonds. The van der Waals surface area contributed by atoms with Crippen LogP contribution in [0.2, 0.25) is 0 Å². The maximum atomic E-state index is 13.0. The lowest BCUT2D eigenvalue weighted by atomic mass is 9.47. The number of para-hydroxylation sites is 1. The Morgan fingerprint density at radius 3 is 2.29 bits per heavy atom. The summed E-state index contributed by atoms with van der Waals surface area (Å²) in [5.41, 5.74) is 1.65. The maximum absolute atomic E-state index is 13.0. The summed E-state index contributed by atoms with van der Waals surface area (Å²) in [5, 5.41) is 16.2. The molecular weight excluding hydrogens is 623 g/mol. The highest BCUT2D eigenvalue weighted by Crippen LogP contribution is 2.61. The number of anilines is 2. The van der Waals surface area contributed by atoms with E-state index in [-0.39, 0.29) is 47.1 Å². The zero-order valence-corrected chi connectivity index (χ0v) is 26.0. The number of halogens is 3. The molecule has 48 heavy (non-hydrogen) atoms. The molecule has 10 nitrogen and oxygen atoms in total. The maximum Gasteiger partial charge on any atom is 0.573 e. The number of nitriles is 1. The van der Waals surface area contributed by atoms with Gasteiger partial charge < -0.3 is 15.4 Å². The van der Waals surface area contributed by atoms with Crippen molar-refractivity contribution in [1.82, 2.24) is 19.8 Å². The fourth-order valence-corrected chi connectivity index (χ4v) is 9.42. The molecule has 1 saturated heterocycles. The number of likely N-dealkylation sites (tertiary alicyclic amines) is 1. The van der Waals surface area contributed by atoms with Crippen LogP contribution in [0.4, 0.5) is 24.9 Å². The van der Waals surface area contributed by atoms with E-state index in [0.717, 1.165) is 19.3 Å². The van der Waals surface area contributed by atoms with Crippen molar-refractivity contribution in [2.75, 3.05) is 30.3 Å². The molecule has 5 atom stereocenters. The third kappa shape index (κ3) is 5.41. The zero-order chi connectivity index (χ0) is 33.2. The van der Waals surface area contributed by atoms with Crippen LogP contribution in [0.1, 0.15) is 63.9 Å². The van der Waals surface area contributed by atoms with Crippen molar-refractivity contribution >= 4 is 23.6 Å². The summed E-state index contributed by atoms with van der Waals surface area (Å²) in [4.78, 5) is 38.8. The Morgan fingerprint density at radius 1 is 0.958 bits per heavy atom. The van der Waals surface area contributed by atoms with Crippen molar-refractivity contribution in [1.29, 1.82) is 5.26 Å². The monoisotopic (exact) mass is 657 g/mol. The first-order chi connectivity index (χ1) is 23.1. The third-order valence-corrected chi connectivity index (χ3v) is 11.0. The average molecular weight is 658 g/mol. The number of amides is 2. The van der Waals surface area contributed by atoms with Gasteiger partial charge in [0.05, 0.1) is 23.4 Å². The normalized spacial score (nSPS) is 27.8. The number of hydrogen-bond donors (Lipinski definition) is 2.